The fraction of sp³-hybridized carbons (Fsp3) is 0.458. The van der Waals surface area contributed by atoms with Crippen molar-refractivity contribution < 1.29 is 4.74 Å². The van der Waals surface area contributed by atoms with E-state index in [1.54, 1.807) is 12.4 Å². The second-order valence-electron chi connectivity index (χ2n) is 8.47. The average molecular weight is 419 g/mol. The molecule has 2 saturated heterocycles. The Morgan fingerprint density at radius 2 is 2.03 bits per heavy atom. The lowest BCUT2D eigenvalue weighted by Crippen LogP contribution is -2.36. The highest BCUT2D eigenvalue weighted by Gasteiger charge is 2.17. The van der Waals surface area contributed by atoms with Crippen molar-refractivity contribution in [3.63, 3.8) is 0 Å². The van der Waals surface area contributed by atoms with Crippen molar-refractivity contribution in [3.05, 3.63) is 42.2 Å². The van der Waals surface area contributed by atoms with Crippen LogP contribution in [0.25, 0.3) is 22.3 Å². The molecule has 0 amide bonds. The summed E-state index contributed by atoms with van der Waals surface area (Å²) in [6, 6.07) is 8.64. The number of fused-ring (bicyclic) bond motifs is 1. The van der Waals surface area contributed by atoms with E-state index < -0.39 is 0 Å². The molecule has 0 saturated carbocycles. The van der Waals surface area contributed by atoms with Crippen LogP contribution in [0.4, 0.5) is 11.5 Å². The fourth-order valence-electron chi connectivity index (χ4n) is 4.56. The lowest BCUT2D eigenvalue weighted by Gasteiger charge is -2.30. The van der Waals surface area contributed by atoms with E-state index in [1.165, 1.54) is 24.1 Å². The van der Waals surface area contributed by atoms with Crippen molar-refractivity contribution in [3.8, 4) is 11.3 Å². The minimum absolute atomic E-state index is 0.612. The Bertz CT molecular complexity index is 1040. The number of hydrogen-bond donors (Lipinski definition) is 2. The molecule has 0 unspecified atom stereocenters. The van der Waals surface area contributed by atoms with Gasteiger partial charge in [0.25, 0.3) is 0 Å². The van der Waals surface area contributed by atoms with E-state index in [0.717, 1.165) is 74.0 Å². The van der Waals surface area contributed by atoms with Gasteiger partial charge in [0.15, 0.2) is 5.82 Å². The average Bonchev–Trinajstić information content (AvgIpc) is 2.83. The molecule has 0 aliphatic carbocycles. The van der Waals surface area contributed by atoms with E-state index >= 15 is 0 Å². The molecule has 0 radical (unpaired) electrons. The number of hydrogen-bond acceptors (Lipinski definition) is 7. The van der Waals surface area contributed by atoms with Crippen LogP contribution in [-0.4, -0.2) is 60.9 Å². The maximum Gasteiger partial charge on any atom is 0.154 e. The Labute approximate surface area is 183 Å². The third kappa shape index (κ3) is 4.48. The van der Waals surface area contributed by atoms with Gasteiger partial charge in [-0.2, -0.15) is 0 Å². The maximum atomic E-state index is 5.50. The van der Waals surface area contributed by atoms with Crippen molar-refractivity contribution in [2.45, 2.75) is 19.8 Å². The van der Waals surface area contributed by atoms with Gasteiger partial charge in [0.1, 0.15) is 5.52 Å². The van der Waals surface area contributed by atoms with Crippen LogP contribution in [0.1, 0.15) is 18.4 Å². The first-order chi connectivity index (χ1) is 15.3. The van der Waals surface area contributed by atoms with Gasteiger partial charge in [0.05, 0.1) is 24.4 Å². The molecule has 3 aromatic rings. The van der Waals surface area contributed by atoms with E-state index in [-0.39, 0.29) is 0 Å². The lowest BCUT2D eigenvalue weighted by molar-refractivity contribution is 0.122. The minimum Gasteiger partial charge on any atom is -0.378 e. The number of anilines is 2. The number of pyridine rings is 1. The standard InChI is InChI=1S/C24H30N6O/c1-17-13-19(4-5-22(17)30-9-11-31-12-10-30)20-14-21-23(27-8-7-26-21)24(29-20)28-16-18-3-2-6-25-15-18/h4-5,7-8,13-14,18,25H,2-3,6,9-12,15-16H2,1H3,(H,28,29)/t18-/m1/s1. The molecule has 1 aromatic carbocycles. The predicted octanol–water partition coefficient (Wildman–Crippen LogP) is 3.25. The van der Waals surface area contributed by atoms with Crippen LogP contribution in [0.3, 0.4) is 0 Å². The van der Waals surface area contributed by atoms with Crippen LogP contribution >= 0.6 is 0 Å². The maximum absolute atomic E-state index is 5.50. The first-order valence-electron chi connectivity index (χ1n) is 11.3. The summed E-state index contributed by atoms with van der Waals surface area (Å²) in [5.74, 6) is 1.43. The number of nitrogens with one attached hydrogen (secondary N) is 2. The summed E-state index contributed by atoms with van der Waals surface area (Å²) in [5, 5.41) is 7.05. The van der Waals surface area contributed by atoms with Gasteiger partial charge in [0.2, 0.25) is 0 Å². The molecule has 2 aliphatic rings. The summed E-state index contributed by atoms with van der Waals surface area (Å²) in [5.41, 5.74) is 6.25. The van der Waals surface area contributed by atoms with Crippen molar-refractivity contribution in [1.82, 2.24) is 20.3 Å². The van der Waals surface area contributed by atoms with E-state index in [9.17, 15) is 0 Å². The number of aryl methyl sites for hydroxylation is 1. The van der Waals surface area contributed by atoms with Crippen LogP contribution in [0.2, 0.25) is 0 Å². The van der Waals surface area contributed by atoms with Crippen LogP contribution in [0.15, 0.2) is 36.7 Å². The highest BCUT2D eigenvalue weighted by atomic mass is 16.5. The molecular weight excluding hydrogens is 388 g/mol. The zero-order valence-electron chi connectivity index (χ0n) is 18.1. The number of benzene rings is 1. The Kier molecular flexibility index (Phi) is 5.95. The fourth-order valence-corrected chi connectivity index (χ4v) is 4.56. The van der Waals surface area contributed by atoms with Crippen molar-refractivity contribution in [2.75, 3.05) is 56.2 Å². The second-order valence-corrected chi connectivity index (χ2v) is 8.47. The third-order valence-electron chi connectivity index (χ3n) is 6.26. The molecule has 2 aliphatic heterocycles. The zero-order valence-corrected chi connectivity index (χ0v) is 18.1. The van der Waals surface area contributed by atoms with E-state index in [1.807, 2.05) is 6.07 Å². The van der Waals surface area contributed by atoms with Crippen molar-refractivity contribution in [2.24, 2.45) is 5.92 Å². The molecule has 7 nitrogen and oxygen atoms in total. The van der Waals surface area contributed by atoms with Crippen LogP contribution < -0.4 is 15.5 Å². The molecule has 4 heterocycles. The van der Waals surface area contributed by atoms with E-state index in [0.29, 0.717) is 5.92 Å². The topological polar surface area (TPSA) is 75.2 Å². The minimum atomic E-state index is 0.612. The highest BCUT2D eigenvalue weighted by molar-refractivity contribution is 5.88. The van der Waals surface area contributed by atoms with Gasteiger partial charge in [-0.05, 0) is 62.5 Å². The highest BCUT2D eigenvalue weighted by Crippen LogP contribution is 2.30. The number of piperidine rings is 1. The smallest absolute Gasteiger partial charge is 0.154 e. The summed E-state index contributed by atoms with van der Waals surface area (Å²) in [6.07, 6.45) is 5.95. The zero-order chi connectivity index (χ0) is 21.0. The molecule has 2 fully saturated rings. The van der Waals surface area contributed by atoms with Gasteiger partial charge < -0.3 is 20.3 Å². The number of ether oxygens (including phenoxy) is 1. The molecule has 162 valence electrons. The molecule has 0 spiro atoms. The predicted molar refractivity (Wildman–Crippen MR) is 125 cm³/mol. The molecule has 2 aromatic heterocycles. The Hall–Kier alpha value is -2.77. The van der Waals surface area contributed by atoms with Crippen molar-refractivity contribution >= 4 is 22.5 Å². The van der Waals surface area contributed by atoms with E-state index in [2.05, 4.69) is 50.6 Å². The van der Waals surface area contributed by atoms with Crippen LogP contribution in [0.5, 0.6) is 0 Å². The molecule has 0 bridgehead atoms. The molecule has 5 rings (SSSR count). The summed E-state index contributed by atoms with van der Waals surface area (Å²) < 4.78 is 5.50. The van der Waals surface area contributed by atoms with Gasteiger partial charge in [-0.15, -0.1) is 0 Å². The second kappa shape index (κ2) is 9.16. The lowest BCUT2D eigenvalue weighted by atomic mass is 10.00. The summed E-state index contributed by atoms with van der Waals surface area (Å²) >= 11 is 0. The number of aromatic nitrogens is 3. The number of morpholine rings is 1. The number of nitrogens with zero attached hydrogens (tertiary/aromatic N) is 4. The van der Waals surface area contributed by atoms with E-state index in [4.69, 9.17) is 9.72 Å². The van der Waals surface area contributed by atoms with Gasteiger partial charge in [-0.3, -0.25) is 4.98 Å². The number of rotatable bonds is 5. The molecule has 7 heteroatoms. The molecule has 2 N–H and O–H groups in total. The Balaban J connectivity index is 1.44. The van der Waals surface area contributed by atoms with Crippen LogP contribution in [-0.2, 0) is 4.74 Å². The van der Waals surface area contributed by atoms with Gasteiger partial charge >= 0.3 is 0 Å². The monoisotopic (exact) mass is 418 g/mol. The van der Waals surface area contributed by atoms with Crippen LogP contribution in [0, 0.1) is 12.8 Å². The largest absolute Gasteiger partial charge is 0.378 e. The van der Waals surface area contributed by atoms with Crippen molar-refractivity contribution in [1.29, 1.82) is 0 Å². The molecule has 31 heavy (non-hydrogen) atoms. The van der Waals surface area contributed by atoms with Gasteiger partial charge in [-0.25, -0.2) is 9.97 Å². The quantitative estimate of drug-likeness (QED) is 0.659. The third-order valence-corrected chi connectivity index (χ3v) is 6.26. The summed E-state index contributed by atoms with van der Waals surface area (Å²) in [7, 11) is 0. The normalized spacial score (nSPS) is 19.5. The summed E-state index contributed by atoms with van der Waals surface area (Å²) in [6.45, 7) is 8.70. The van der Waals surface area contributed by atoms with Gasteiger partial charge in [0, 0.05) is 43.3 Å². The van der Waals surface area contributed by atoms with Gasteiger partial charge in [-0.1, -0.05) is 6.07 Å². The Morgan fingerprint density at radius 3 is 2.84 bits per heavy atom. The first-order valence-corrected chi connectivity index (χ1v) is 11.3. The summed E-state index contributed by atoms with van der Waals surface area (Å²) in [4.78, 5) is 16.5. The molecule has 1 atom stereocenters. The molecular formula is C24H30N6O. The Morgan fingerprint density at radius 1 is 1.16 bits per heavy atom. The SMILES string of the molecule is Cc1cc(-c2cc3nccnc3c(NC[C@@H]3CCCNC3)n2)ccc1N1CCOCC1. The first kappa shape index (κ1) is 20.2.